The number of nitrogens with zero attached hydrogens (tertiary/aromatic N) is 2. The molecule has 0 radical (unpaired) electrons. The van der Waals surface area contributed by atoms with Gasteiger partial charge in [-0.3, -0.25) is 4.98 Å². The van der Waals surface area contributed by atoms with Gasteiger partial charge in [-0.05, 0) is 37.7 Å². The van der Waals surface area contributed by atoms with Crippen LogP contribution < -0.4 is 10.1 Å². The van der Waals surface area contributed by atoms with Crippen LogP contribution in [0.4, 0.5) is 4.39 Å². The molecule has 5 heteroatoms. The number of benzene rings is 1. The van der Waals surface area contributed by atoms with Crippen molar-refractivity contribution in [1.82, 2.24) is 10.3 Å². The average molecular weight is 285 g/mol. The van der Waals surface area contributed by atoms with E-state index in [0.717, 1.165) is 12.2 Å². The first-order valence-corrected chi connectivity index (χ1v) is 6.71. The summed E-state index contributed by atoms with van der Waals surface area (Å²) >= 11 is 0. The van der Waals surface area contributed by atoms with E-state index < -0.39 is 5.82 Å². The molecule has 1 aromatic heterocycles. The van der Waals surface area contributed by atoms with Crippen molar-refractivity contribution in [3.05, 3.63) is 53.6 Å². The third-order valence-corrected chi connectivity index (χ3v) is 3.01. The Kier molecular flexibility index (Phi) is 4.85. The Balaban J connectivity index is 2.10. The summed E-state index contributed by atoms with van der Waals surface area (Å²) in [5, 5.41) is 11.9. The summed E-state index contributed by atoms with van der Waals surface area (Å²) in [7, 11) is 0. The molecule has 1 atom stereocenters. The summed E-state index contributed by atoms with van der Waals surface area (Å²) < 4.78 is 19.0. The molecular formula is C16H16FN3O. The second-order valence-electron chi connectivity index (χ2n) is 4.55. The topological polar surface area (TPSA) is 57.9 Å². The smallest absolute Gasteiger partial charge is 0.145 e. The standard InChI is InChI=1S/C16H16FN3O/c1-3-19-11(2)16-7-6-14(10-20-16)21-13-5-4-12(9-18)15(17)8-13/h4-8,10-11,19H,3H2,1-2H3. The van der Waals surface area contributed by atoms with Crippen molar-refractivity contribution in [2.45, 2.75) is 19.9 Å². The van der Waals surface area contributed by atoms with E-state index in [1.165, 1.54) is 12.1 Å². The van der Waals surface area contributed by atoms with Gasteiger partial charge < -0.3 is 10.1 Å². The fourth-order valence-corrected chi connectivity index (χ4v) is 1.91. The predicted octanol–water partition coefficient (Wildman–Crippen LogP) is 3.56. The lowest BCUT2D eigenvalue weighted by Gasteiger charge is -2.12. The van der Waals surface area contributed by atoms with Gasteiger partial charge >= 0.3 is 0 Å². The minimum Gasteiger partial charge on any atom is -0.456 e. The van der Waals surface area contributed by atoms with E-state index in [1.54, 1.807) is 24.4 Å². The number of ether oxygens (including phenoxy) is 1. The van der Waals surface area contributed by atoms with E-state index in [2.05, 4.69) is 10.3 Å². The molecule has 0 fully saturated rings. The van der Waals surface area contributed by atoms with E-state index in [1.807, 2.05) is 19.9 Å². The Morgan fingerprint density at radius 2 is 2.10 bits per heavy atom. The Labute approximate surface area is 123 Å². The normalized spacial score (nSPS) is 11.7. The van der Waals surface area contributed by atoms with Gasteiger partial charge in [0.15, 0.2) is 0 Å². The lowest BCUT2D eigenvalue weighted by molar-refractivity contribution is 0.472. The van der Waals surface area contributed by atoms with Gasteiger partial charge in [0.05, 0.1) is 17.5 Å². The molecule has 0 amide bonds. The number of hydrogen-bond acceptors (Lipinski definition) is 4. The number of rotatable bonds is 5. The number of nitrogens with one attached hydrogen (secondary N) is 1. The summed E-state index contributed by atoms with van der Waals surface area (Å²) in [6, 6.07) is 9.71. The molecule has 0 saturated heterocycles. The Morgan fingerprint density at radius 3 is 2.67 bits per heavy atom. The SMILES string of the molecule is CCNC(C)c1ccc(Oc2ccc(C#N)c(F)c2)cn1. The Bertz CT molecular complexity index is 650. The molecule has 4 nitrogen and oxygen atoms in total. The molecule has 2 rings (SSSR count). The van der Waals surface area contributed by atoms with Crippen molar-refractivity contribution in [2.75, 3.05) is 6.54 Å². The molecule has 1 heterocycles. The second kappa shape index (κ2) is 6.82. The number of pyridine rings is 1. The number of aromatic nitrogens is 1. The Morgan fingerprint density at radius 1 is 1.33 bits per heavy atom. The average Bonchev–Trinajstić information content (AvgIpc) is 2.48. The molecule has 0 bridgehead atoms. The highest BCUT2D eigenvalue weighted by Crippen LogP contribution is 2.23. The van der Waals surface area contributed by atoms with Crippen molar-refractivity contribution in [2.24, 2.45) is 0 Å². The molecule has 0 aliphatic rings. The van der Waals surface area contributed by atoms with Gasteiger partial charge in [0.25, 0.3) is 0 Å². The molecule has 108 valence electrons. The fourth-order valence-electron chi connectivity index (χ4n) is 1.91. The van der Waals surface area contributed by atoms with Gasteiger partial charge in [-0.2, -0.15) is 5.26 Å². The van der Waals surface area contributed by atoms with Gasteiger partial charge in [0.1, 0.15) is 23.4 Å². The van der Waals surface area contributed by atoms with Gasteiger partial charge in [0, 0.05) is 12.1 Å². The van der Waals surface area contributed by atoms with E-state index >= 15 is 0 Å². The zero-order chi connectivity index (χ0) is 15.2. The number of halogens is 1. The first-order chi connectivity index (χ1) is 10.1. The maximum atomic E-state index is 13.5. The van der Waals surface area contributed by atoms with Crippen LogP contribution in [0.2, 0.25) is 0 Å². The molecule has 0 aliphatic heterocycles. The van der Waals surface area contributed by atoms with Gasteiger partial charge in [-0.25, -0.2) is 4.39 Å². The van der Waals surface area contributed by atoms with Crippen molar-refractivity contribution in [3.63, 3.8) is 0 Å². The van der Waals surface area contributed by atoms with Crippen LogP contribution in [0, 0.1) is 17.1 Å². The highest BCUT2D eigenvalue weighted by Gasteiger charge is 2.07. The van der Waals surface area contributed by atoms with E-state index in [-0.39, 0.29) is 11.6 Å². The molecule has 0 saturated carbocycles. The molecule has 1 N–H and O–H groups in total. The molecule has 2 aromatic rings. The monoisotopic (exact) mass is 285 g/mol. The molecule has 0 aliphatic carbocycles. The van der Waals surface area contributed by atoms with Crippen LogP contribution in [0.3, 0.4) is 0 Å². The number of nitriles is 1. The summed E-state index contributed by atoms with van der Waals surface area (Å²) in [5.41, 5.74) is 0.908. The molecular weight excluding hydrogens is 269 g/mol. The number of hydrogen-bond donors (Lipinski definition) is 1. The highest BCUT2D eigenvalue weighted by molar-refractivity contribution is 5.38. The first kappa shape index (κ1) is 14.9. The molecule has 1 unspecified atom stereocenters. The van der Waals surface area contributed by atoms with Crippen molar-refractivity contribution >= 4 is 0 Å². The first-order valence-electron chi connectivity index (χ1n) is 6.71. The van der Waals surface area contributed by atoms with Crippen molar-refractivity contribution in [3.8, 4) is 17.6 Å². The Hall–Kier alpha value is -2.45. The summed E-state index contributed by atoms with van der Waals surface area (Å²) in [5.74, 6) is 0.257. The summed E-state index contributed by atoms with van der Waals surface area (Å²) in [4.78, 5) is 4.32. The molecule has 1 aromatic carbocycles. The van der Waals surface area contributed by atoms with Crippen LogP contribution in [0.25, 0.3) is 0 Å². The van der Waals surface area contributed by atoms with E-state index in [4.69, 9.17) is 10.00 Å². The van der Waals surface area contributed by atoms with Crippen LogP contribution in [-0.2, 0) is 0 Å². The highest BCUT2D eigenvalue weighted by atomic mass is 19.1. The maximum absolute atomic E-state index is 13.5. The zero-order valence-corrected chi connectivity index (χ0v) is 11.9. The largest absolute Gasteiger partial charge is 0.456 e. The lowest BCUT2D eigenvalue weighted by atomic mass is 10.2. The third-order valence-electron chi connectivity index (χ3n) is 3.01. The van der Waals surface area contributed by atoms with Crippen molar-refractivity contribution < 1.29 is 9.13 Å². The summed E-state index contributed by atoms with van der Waals surface area (Å²) in [6.45, 7) is 4.93. The minimum atomic E-state index is -0.597. The van der Waals surface area contributed by atoms with E-state index in [0.29, 0.717) is 11.5 Å². The van der Waals surface area contributed by atoms with Crippen molar-refractivity contribution in [1.29, 1.82) is 5.26 Å². The second-order valence-corrected chi connectivity index (χ2v) is 4.55. The molecule has 21 heavy (non-hydrogen) atoms. The predicted molar refractivity (Wildman–Crippen MR) is 77.5 cm³/mol. The van der Waals surface area contributed by atoms with Crippen LogP contribution in [-0.4, -0.2) is 11.5 Å². The minimum absolute atomic E-state index is 0.00436. The van der Waals surface area contributed by atoms with Crippen LogP contribution in [0.5, 0.6) is 11.5 Å². The lowest BCUT2D eigenvalue weighted by Crippen LogP contribution is -2.18. The van der Waals surface area contributed by atoms with Crippen LogP contribution in [0.15, 0.2) is 36.5 Å². The fraction of sp³-hybridized carbons (Fsp3) is 0.250. The zero-order valence-electron chi connectivity index (χ0n) is 11.9. The van der Waals surface area contributed by atoms with Crippen LogP contribution in [0.1, 0.15) is 31.1 Å². The van der Waals surface area contributed by atoms with Gasteiger partial charge in [-0.15, -0.1) is 0 Å². The van der Waals surface area contributed by atoms with Crippen LogP contribution >= 0.6 is 0 Å². The van der Waals surface area contributed by atoms with E-state index in [9.17, 15) is 4.39 Å². The maximum Gasteiger partial charge on any atom is 0.145 e. The summed E-state index contributed by atoms with van der Waals surface area (Å²) in [6.07, 6.45) is 1.60. The van der Waals surface area contributed by atoms with Gasteiger partial charge in [-0.1, -0.05) is 6.92 Å². The van der Waals surface area contributed by atoms with Gasteiger partial charge in [0.2, 0.25) is 0 Å². The third kappa shape index (κ3) is 3.77. The molecule has 0 spiro atoms. The quantitative estimate of drug-likeness (QED) is 0.912.